The second-order valence-electron chi connectivity index (χ2n) is 16.0. The number of carbonyl (C=O) groups is 2. The molecule has 3 heterocycles. The third-order valence-electron chi connectivity index (χ3n) is 12.1. The van der Waals surface area contributed by atoms with Crippen LogP contribution in [0.3, 0.4) is 0 Å². The summed E-state index contributed by atoms with van der Waals surface area (Å²) in [6.45, 7) is 13.3. The summed E-state index contributed by atoms with van der Waals surface area (Å²) in [5.74, 6) is -1.98. The molecule has 7 rings (SSSR count). The van der Waals surface area contributed by atoms with Gasteiger partial charge in [-0.2, -0.15) is 0 Å². The van der Waals surface area contributed by atoms with Crippen LogP contribution in [0, 0.1) is 28.8 Å². The zero-order chi connectivity index (χ0) is 42.8. The highest BCUT2D eigenvalue weighted by molar-refractivity contribution is 6.07. The third kappa shape index (κ3) is 9.70. The minimum absolute atomic E-state index is 0.00176. The molecule has 3 aliphatic rings. The van der Waals surface area contributed by atoms with E-state index < -0.39 is 28.9 Å². The summed E-state index contributed by atoms with van der Waals surface area (Å²) >= 11 is 0. The molecule has 9 nitrogen and oxygen atoms in total. The molecule has 0 saturated carbocycles. The summed E-state index contributed by atoms with van der Waals surface area (Å²) in [6.07, 6.45) is 3.56. The van der Waals surface area contributed by atoms with Crippen molar-refractivity contribution >= 4 is 23.4 Å². The number of amides is 2. The average Bonchev–Trinajstić information content (AvgIpc) is 3.26. The Kier molecular flexibility index (Phi) is 15.0. The summed E-state index contributed by atoms with van der Waals surface area (Å²) in [5.41, 5.74) is 1.58. The Hall–Kier alpha value is -5.23. The number of hydrogen-bond acceptors (Lipinski definition) is 7. The van der Waals surface area contributed by atoms with Gasteiger partial charge in [0.05, 0.1) is 29.9 Å². The van der Waals surface area contributed by atoms with Gasteiger partial charge in [0.15, 0.2) is 11.6 Å². The number of anilines is 2. The lowest BCUT2D eigenvalue weighted by molar-refractivity contribution is -0.141. The number of piperazine rings is 1. The molecule has 3 fully saturated rings. The van der Waals surface area contributed by atoms with E-state index in [0.717, 1.165) is 55.7 Å². The molecule has 0 bridgehead atoms. The molecule has 1 atom stereocenters. The second-order valence-corrected chi connectivity index (χ2v) is 16.0. The lowest BCUT2D eigenvalue weighted by atomic mass is 9.64. The Morgan fingerprint density at radius 2 is 1.35 bits per heavy atom. The van der Waals surface area contributed by atoms with Crippen molar-refractivity contribution in [2.45, 2.75) is 79.1 Å². The Morgan fingerprint density at radius 3 is 1.93 bits per heavy atom. The van der Waals surface area contributed by atoms with Gasteiger partial charge in [0.25, 0.3) is 0 Å². The Labute approximate surface area is 353 Å². The number of methoxy groups -OCH3 is 1. The topological polar surface area (TPSA) is 74.8 Å². The van der Waals surface area contributed by atoms with E-state index in [4.69, 9.17) is 14.2 Å². The summed E-state index contributed by atoms with van der Waals surface area (Å²) in [4.78, 5) is 34.3. The largest absolute Gasteiger partial charge is 0.496 e. The monoisotopic (exact) mass is 828 g/mol. The predicted molar refractivity (Wildman–Crippen MR) is 229 cm³/mol. The maximum Gasteiger partial charge on any atom is 0.410 e. The number of rotatable bonds is 13. The number of piperidine rings is 1. The minimum Gasteiger partial charge on any atom is -0.496 e. The van der Waals surface area contributed by atoms with E-state index in [1.54, 1.807) is 11.0 Å². The van der Waals surface area contributed by atoms with Crippen LogP contribution in [0.4, 0.5) is 29.3 Å². The molecule has 0 aromatic heterocycles. The SMILES string of the molecule is CCC.CCC1(CC)C(=O)N(c2cc(F)cc(F)c2OCc2ccccc2)[C@H]1c1cc(F)c(N2CCC(CN3CCN(C(=O)OCc4ccccc4)CC3)CC2)cc1OC. The first-order chi connectivity index (χ1) is 29.1. The van der Waals surface area contributed by atoms with Crippen LogP contribution >= 0.6 is 0 Å². The van der Waals surface area contributed by atoms with E-state index in [-0.39, 0.29) is 36.7 Å². The van der Waals surface area contributed by atoms with E-state index >= 15 is 8.78 Å². The number of halogens is 3. The molecule has 0 spiro atoms. The average molecular weight is 829 g/mol. The fourth-order valence-corrected chi connectivity index (χ4v) is 8.71. The van der Waals surface area contributed by atoms with Crippen molar-refractivity contribution in [1.82, 2.24) is 9.80 Å². The van der Waals surface area contributed by atoms with Crippen LogP contribution in [0.5, 0.6) is 11.5 Å². The van der Waals surface area contributed by atoms with Crippen molar-refractivity contribution in [3.05, 3.63) is 119 Å². The molecule has 3 saturated heterocycles. The zero-order valence-corrected chi connectivity index (χ0v) is 35.6. The van der Waals surface area contributed by atoms with Gasteiger partial charge in [-0.1, -0.05) is 94.8 Å². The lowest BCUT2D eigenvalue weighted by Gasteiger charge is -2.56. The van der Waals surface area contributed by atoms with Crippen LogP contribution in [-0.2, 0) is 22.7 Å². The Balaban J connectivity index is 0.00000195. The number of ether oxygens (including phenoxy) is 3. The first-order valence-corrected chi connectivity index (χ1v) is 21.4. The van der Waals surface area contributed by atoms with Crippen molar-refractivity contribution in [2.24, 2.45) is 11.3 Å². The van der Waals surface area contributed by atoms with Gasteiger partial charge in [-0.15, -0.1) is 0 Å². The van der Waals surface area contributed by atoms with Crippen LogP contribution in [-0.4, -0.2) is 74.7 Å². The van der Waals surface area contributed by atoms with Gasteiger partial charge in [0, 0.05) is 69.6 Å². The first-order valence-electron chi connectivity index (χ1n) is 21.4. The fraction of sp³-hybridized carbons (Fsp3) is 0.458. The molecule has 0 radical (unpaired) electrons. The summed E-state index contributed by atoms with van der Waals surface area (Å²) in [7, 11) is 1.51. The molecular formula is C48H59F3N4O5. The van der Waals surface area contributed by atoms with Gasteiger partial charge in [-0.3, -0.25) is 14.6 Å². The number of β-lactam (4-membered cyclic amide) rings is 1. The van der Waals surface area contributed by atoms with Gasteiger partial charge in [0.2, 0.25) is 5.91 Å². The van der Waals surface area contributed by atoms with Crippen molar-refractivity contribution in [2.75, 3.05) is 62.7 Å². The van der Waals surface area contributed by atoms with E-state index in [0.29, 0.717) is 61.9 Å². The summed E-state index contributed by atoms with van der Waals surface area (Å²) in [5, 5.41) is 0. The highest BCUT2D eigenvalue weighted by Crippen LogP contribution is 2.59. The molecule has 3 aliphatic heterocycles. The predicted octanol–water partition coefficient (Wildman–Crippen LogP) is 10.2. The molecule has 2 amide bonds. The highest BCUT2D eigenvalue weighted by Gasteiger charge is 2.61. The number of benzene rings is 4. The second kappa shape index (κ2) is 20.4. The molecule has 0 N–H and O–H groups in total. The number of hydrogen-bond donors (Lipinski definition) is 0. The molecule has 322 valence electrons. The third-order valence-corrected chi connectivity index (χ3v) is 12.1. The van der Waals surface area contributed by atoms with Gasteiger partial charge in [-0.25, -0.2) is 18.0 Å². The fourth-order valence-electron chi connectivity index (χ4n) is 8.71. The molecular weight excluding hydrogens is 770 g/mol. The molecule has 60 heavy (non-hydrogen) atoms. The van der Waals surface area contributed by atoms with Crippen molar-refractivity contribution < 1.29 is 37.0 Å². The Bertz CT molecular complexity index is 2030. The van der Waals surface area contributed by atoms with Crippen LogP contribution in [0.2, 0.25) is 0 Å². The van der Waals surface area contributed by atoms with E-state index in [9.17, 15) is 14.0 Å². The lowest BCUT2D eigenvalue weighted by Crippen LogP contribution is -2.63. The maximum absolute atomic E-state index is 16.4. The van der Waals surface area contributed by atoms with Gasteiger partial charge in [-0.05, 0) is 48.8 Å². The standard InChI is InChI=1S/C45H51F3N4O5.C3H8/c1-4-45(5-2)42(52(43(45)53)39-25-34(46)24-37(48)41(39)56-29-32-12-8-6-9-13-32)35-26-36(47)38(27-40(35)55-3)50-18-16-31(17-19-50)28-49-20-22-51(23-21-49)44(54)57-30-33-14-10-7-11-15-33;1-3-2/h6-15,24-27,31,42H,4-5,16-23,28-30H2,1-3H3;3H2,1-2H3/t42-;/m0./s1. The Morgan fingerprint density at radius 1 is 0.750 bits per heavy atom. The highest BCUT2D eigenvalue weighted by atomic mass is 19.1. The molecule has 0 unspecified atom stereocenters. The van der Waals surface area contributed by atoms with Crippen LogP contribution < -0.4 is 19.3 Å². The maximum atomic E-state index is 16.4. The van der Waals surface area contributed by atoms with Crippen molar-refractivity contribution in [1.29, 1.82) is 0 Å². The summed E-state index contributed by atoms with van der Waals surface area (Å²) in [6, 6.07) is 23.0. The smallest absolute Gasteiger partial charge is 0.410 e. The van der Waals surface area contributed by atoms with Crippen molar-refractivity contribution in [3.8, 4) is 11.5 Å². The van der Waals surface area contributed by atoms with Gasteiger partial charge < -0.3 is 24.0 Å². The quantitative estimate of drug-likeness (QED) is 0.124. The van der Waals surface area contributed by atoms with Crippen LogP contribution in [0.1, 0.15) is 82.5 Å². The molecule has 0 aliphatic carbocycles. The molecule has 12 heteroatoms. The molecule has 4 aromatic rings. The van der Waals surface area contributed by atoms with Crippen molar-refractivity contribution in [3.63, 3.8) is 0 Å². The van der Waals surface area contributed by atoms with E-state index in [1.165, 1.54) is 24.5 Å². The van der Waals surface area contributed by atoms with Gasteiger partial charge in [0.1, 0.15) is 30.6 Å². The van der Waals surface area contributed by atoms with E-state index in [1.807, 2.05) is 79.4 Å². The number of carbonyl (C=O) groups excluding carboxylic acids is 2. The first kappa shape index (κ1) is 44.3. The van der Waals surface area contributed by atoms with Crippen LogP contribution in [0.25, 0.3) is 0 Å². The minimum atomic E-state index is -0.951. The van der Waals surface area contributed by atoms with Crippen LogP contribution in [0.15, 0.2) is 84.9 Å². The normalized spacial score (nSPS) is 18.0. The zero-order valence-electron chi connectivity index (χ0n) is 35.6. The number of nitrogens with zero attached hydrogens (tertiary/aromatic N) is 4. The van der Waals surface area contributed by atoms with E-state index in [2.05, 4.69) is 18.7 Å². The van der Waals surface area contributed by atoms with Gasteiger partial charge >= 0.3 is 6.09 Å². The molecule has 4 aromatic carbocycles. The summed E-state index contributed by atoms with van der Waals surface area (Å²) < 4.78 is 64.2.